The van der Waals surface area contributed by atoms with E-state index in [1.54, 1.807) is 12.1 Å². The van der Waals surface area contributed by atoms with Gasteiger partial charge < -0.3 is 10.2 Å². The van der Waals surface area contributed by atoms with Gasteiger partial charge >= 0.3 is 0 Å². The van der Waals surface area contributed by atoms with E-state index in [4.69, 9.17) is 0 Å². The Hall–Kier alpha value is -2.69. The molecular formula is C23H27FN2O2. The summed E-state index contributed by atoms with van der Waals surface area (Å²) in [5.41, 5.74) is 2.52. The van der Waals surface area contributed by atoms with Crippen LogP contribution in [0.4, 0.5) is 4.39 Å². The molecule has 0 atom stereocenters. The molecule has 0 saturated heterocycles. The molecule has 0 unspecified atom stereocenters. The summed E-state index contributed by atoms with van der Waals surface area (Å²) in [6.45, 7) is 2.42. The van der Waals surface area contributed by atoms with Crippen LogP contribution in [0.5, 0.6) is 0 Å². The number of hydrogen-bond donors (Lipinski definition) is 1. The third-order valence-electron chi connectivity index (χ3n) is 5.28. The van der Waals surface area contributed by atoms with Crippen molar-refractivity contribution in [2.24, 2.45) is 0 Å². The van der Waals surface area contributed by atoms with Crippen LogP contribution in [0.3, 0.4) is 0 Å². The summed E-state index contributed by atoms with van der Waals surface area (Å²) in [5.74, 6) is -0.348. The van der Waals surface area contributed by atoms with Crippen LogP contribution in [0, 0.1) is 5.82 Å². The fourth-order valence-electron chi connectivity index (χ4n) is 3.70. The molecule has 1 fully saturated rings. The molecule has 1 aliphatic rings. The normalized spacial score (nSPS) is 14.5. The quantitative estimate of drug-likeness (QED) is 0.803. The Morgan fingerprint density at radius 3 is 2.18 bits per heavy atom. The van der Waals surface area contributed by atoms with Crippen molar-refractivity contribution < 1.29 is 14.0 Å². The number of benzene rings is 2. The van der Waals surface area contributed by atoms with Crippen LogP contribution >= 0.6 is 0 Å². The van der Waals surface area contributed by atoms with Gasteiger partial charge in [-0.25, -0.2) is 4.39 Å². The average molecular weight is 382 g/mol. The van der Waals surface area contributed by atoms with Crippen LogP contribution in [-0.4, -0.2) is 22.8 Å². The van der Waals surface area contributed by atoms with E-state index in [-0.39, 0.29) is 23.7 Å². The van der Waals surface area contributed by atoms with Gasteiger partial charge in [-0.3, -0.25) is 9.59 Å². The van der Waals surface area contributed by atoms with Gasteiger partial charge in [0.2, 0.25) is 5.91 Å². The number of nitrogens with zero attached hydrogens (tertiary/aromatic N) is 1. The molecule has 3 rings (SSSR count). The first-order valence-electron chi connectivity index (χ1n) is 9.92. The number of rotatable bonds is 6. The first-order valence-corrected chi connectivity index (χ1v) is 9.92. The lowest BCUT2D eigenvalue weighted by molar-refractivity contribution is -0.119. The third-order valence-corrected chi connectivity index (χ3v) is 5.28. The van der Waals surface area contributed by atoms with Crippen LogP contribution in [0.25, 0.3) is 0 Å². The zero-order valence-electron chi connectivity index (χ0n) is 16.3. The number of halogens is 1. The second-order valence-electron chi connectivity index (χ2n) is 7.46. The molecule has 2 aromatic rings. The first kappa shape index (κ1) is 20.1. The van der Waals surface area contributed by atoms with Crippen LogP contribution in [0.15, 0.2) is 48.5 Å². The zero-order chi connectivity index (χ0) is 19.9. The lowest BCUT2D eigenvalue weighted by atomic mass is 9.93. The van der Waals surface area contributed by atoms with Gasteiger partial charge in [-0.05, 0) is 48.2 Å². The molecule has 2 aromatic carbocycles. The van der Waals surface area contributed by atoms with E-state index in [9.17, 15) is 14.0 Å². The van der Waals surface area contributed by atoms with Crippen molar-refractivity contribution in [2.75, 3.05) is 0 Å². The molecule has 1 saturated carbocycles. The summed E-state index contributed by atoms with van der Waals surface area (Å²) in [7, 11) is 0. The third kappa shape index (κ3) is 5.41. The summed E-state index contributed by atoms with van der Waals surface area (Å²) in [6, 6.07) is 14.0. The molecule has 0 aromatic heterocycles. The van der Waals surface area contributed by atoms with Gasteiger partial charge in [0.05, 0.1) is 0 Å². The Bertz CT molecular complexity index is 796. The molecule has 0 aliphatic heterocycles. The predicted octanol–water partition coefficient (Wildman–Crippen LogP) is 4.44. The first-order chi connectivity index (χ1) is 13.5. The summed E-state index contributed by atoms with van der Waals surface area (Å²) in [5, 5.41) is 2.76. The van der Waals surface area contributed by atoms with Crippen LogP contribution in [0.1, 0.15) is 60.5 Å². The van der Waals surface area contributed by atoms with Gasteiger partial charge in [-0.1, -0.05) is 43.5 Å². The second kappa shape index (κ2) is 9.49. The van der Waals surface area contributed by atoms with E-state index in [0.717, 1.165) is 36.8 Å². The molecule has 148 valence electrons. The number of carbonyl (C=O) groups is 2. The highest BCUT2D eigenvalue weighted by atomic mass is 19.1. The second-order valence-corrected chi connectivity index (χ2v) is 7.46. The monoisotopic (exact) mass is 382 g/mol. The molecule has 1 aliphatic carbocycles. The summed E-state index contributed by atoms with van der Waals surface area (Å²) >= 11 is 0. The van der Waals surface area contributed by atoms with Gasteiger partial charge in [0.15, 0.2) is 0 Å². The summed E-state index contributed by atoms with van der Waals surface area (Å²) < 4.78 is 13.2. The van der Waals surface area contributed by atoms with Crippen LogP contribution in [-0.2, 0) is 17.9 Å². The van der Waals surface area contributed by atoms with Gasteiger partial charge in [0.25, 0.3) is 5.91 Å². The minimum atomic E-state index is -0.269. The maximum Gasteiger partial charge on any atom is 0.254 e. The predicted molar refractivity (Wildman–Crippen MR) is 107 cm³/mol. The van der Waals surface area contributed by atoms with Crippen molar-refractivity contribution in [3.05, 3.63) is 71.0 Å². The Morgan fingerprint density at radius 1 is 0.964 bits per heavy atom. The van der Waals surface area contributed by atoms with Crippen LogP contribution in [0.2, 0.25) is 0 Å². The molecule has 5 heteroatoms. The Balaban J connectivity index is 1.77. The van der Waals surface area contributed by atoms with Crippen molar-refractivity contribution in [1.82, 2.24) is 10.2 Å². The summed E-state index contributed by atoms with van der Waals surface area (Å²) in [4.78, 5) is 26.3. The number of carbonyl (C=O) groups excluding carboxylic acids is 2. The lowest BCUT2D eigenvalue weighted by Gasteiger charge is -2.34. The maximum absolute atomic E-state index is 13.3. The smallest absolute Gasteiger partial charge is 0.254 e. The number of amides is 2. The van der Waals surface area contributed by atoms with Crippen molar-refractivity contribution in [3.8, 4) is 0 Å². The number of nitrogens with one attached hydrogen (secondary N) is 1. The number of hydrogen-bond acceptors (Lipinski definition) is 2. The van der Waals surface area contributed by atoms with E-state index < -0.39 is 0 Å². The van der Waals surface area contributed by atoms with Crippen molar-refractivity contribution in [1.29, 1.82) is 0 Å². The van der Waals surface area contributed by atoms with E-state index >= 15 is 0 Å². The fraction of sp³-hybridized carbons (Fsp3) is 0.391. The molecule has 28 heavy (non-hydrogen) atoms. The van der Waals surface area contributed by atoms with Gasteiger partial charge in [-0.2, -0.15) is 0 Å². The van der Waals surface area contributed by atoms with Gasteiger partial charge in [-0.15, -0.1) is 0 Å². The minimum Gasteiger partial charge on any atom is -0.352 e. The highest BCUT2D eigenvalue weighted by molar-refractivity contribution is 5.94. The lowest BCUT2D eigenvalue weighted by Crippen LogP contribution is -2.41. The largest absolute Gasteiger partial charge is 0.352 e. The standard InChI is InChI=1S/C23H27FN2O2/c1-17(27)25-15-18-7-11-20(12-8-18)23(28)26(22-5-3-2-4-6-22)16-19-9-13-21(24)14-10-19/h7-14,22H,2-6,15-16H2,1H3,(H,25,27). The van der Waals surface area contributed by atoms with E-state index in [0.29, 0.717) is 18.7 Å². The fourth-order valence-corrected chi connectivity index (χ4v) is 3.70. The molecule has 0 heterocycles. The van der Waals surface area contributed by atoms with Crippen molar-refractivity contribution >= 4 is 11.8 Å². The van der Waals surface area contributed by atoms with Gasteiger partial charge in [0, 0.05) is 31.6 Å². The molecule has 2 amide bonds. The Labute approximate surface area is 165 Å². The minimum absolute atomic E-state index is 0.00213. The Morgan fingerprint density at radius 2 is 1.57 bits per heavy atom. The molecule has 1 N–H and O–H groups in total. The highest BCUT2D eigenvalue weighted by Crippen LogP contribution is 2.26. The van der Waals surface area contributed by atoms with Gasteiger partial charge in [0.1, 0.15) is 5.82 Å². The van der Waals surface area contributed by atoms with Crippen molar-refractivity contribution in [2.45, 2.75) is 58.2 Å². The van der Waals surface area contributed by atoms with E-state index in [1.807, 2.05) is 29.2 Å². The Kier molecular flexibility index (Phi) is 6.80. The highest BCUT2D eigenvalue weighted by Gasteiger charge is 2.26. The zero-order valence-corrected chi connectivity index (χ0v) is 16.3. The molecule has 0 radical (unpaired) electrons. The van der Waals surface area contributed by atoms with E-state index in [2.05, 4.69) is 5.32 Å². The molecule has 4 nitrogen and oxygen atoms in total. The van der Waals surface area contributed by atoms with E-state index in [1.165, 1.54) is 25.5 Å². The SMILES string of the molecule is CC(=O)NCc1ccc(C(=O)N(Cc2ccc(F)cc2)C2CCCCC2)cc1. The molecule has 0 bridgehead atoms. The molecule has 0 spiro atoms. The topological polar surface area (TPSA) is 49.4 Å². The molecular weight excluding hydrogens is 355 g/mol. The average Bonchev–Trinajstić information content (AvgIpc) is 2.72. The van der Waals surface area contributed by atoms with Crippen molar-refractivity contribution in [3.63, 3.8) is 0 Å². The maximum atomic E-state index is 13.3. The summed E-state index contributed by atoms with van der Waals surface area (Å²) in [6.07, 6.45) is 5.50. The van der Waals surface area contributed by atoms with Crippen LogP contribution < -0.4 is 5.32 Å².